The highest BCUT2D eigenvalue weighted by Gasteiger charge is 2.07. The third-order valence-electron chi connectivity index (χ3n) is 3.04. The van der Waals surface area contributed by atoms with E-state index in [1.165, 1.54) is 0 Å². The van der Waals surface area contributed by atoms with Crippen LogP contribution in [0.4, 0.5) is 5.69 Å². The third-order valence-corrected chi connectivity index (χ3v) is 3.04. The second-order valence-corrected chi connectivity index (χ2v) is 4.48. The Morgan fingerprint density at radius 3 is 2.60 bits per heavy atom. The molecule has 0 atom stereocenters. The number of rotatable bonds is 4. The van der Waals surface area contributed by atoms with Crippen molar-refractivity contribution in [2.45, 2.75) is 0 Å². The second kappa shape index (κ2) is 7.53. The Labute approximate surface area is 118 Å². The molecule has 106 valence electrons. The summed E-state index contributed by atoms with van der Waals surface area (Å²) in [6.45, 7) is 4.78. The number of carboxylic acid groups (broad SMARTS) is 1. The van der Waals surface area contributed by atoms with Gasteiger partial charge in [0.05, 0.1) is 31.9 Å². The van der Waals surface area contributed by atoms with Gasteiger partial charge in [-0.05, 0) is 24.3 Å². The fourth-order valence-corrected chi connectivity index (χ4v) is 1.87. The van der Waals surface area contributed by atoms with Gasteiger partial charge in [0.1, 0.15) is 0 Å². The van der Waals surface area contributed by atoms with Crippen molar-refractivity contribution >= 4 is 11.7 Å². The van der Waals surface area contributed by atoms with Gasteiger partial charge in [0.15, 0.2) is 0 Å². The van der Waals surface area contributed by atoms with Crippen molar-refractivity contribution in [2.24, 2.45) is 0 Å². The number of nitrogens with one attached hydrogen (secondary N) is 1. The molecule has 5 nitrogen and oxygen atoms in total. The molecule has 1 fully saturated rings. The summed E-state index contributed by atoms with van der Waals surface area (Å²) >= 11 is 0. The first kappa shape index (κ1) is 14.4. The second-order valence-electron chi connectivity index (χ2n) is 4.48. The first-order valence-electron chi connectivity index (χ1n) is 6.59. The summed E-state index contributed by atoms with van der Waals surface area (Å²) < 4.78 is 5.27. The van der Waals surface area contributed by atoms with Crippen molar-refractivity contribution in [3.8, 4) is 11.8 Å². The summed E-state index contributed by atoms with van der Waals surface area (Å²) in [5.74, 6) is 5.26. The Bertz CT molecular complexity index is 496. The van der Waals surface area contributed by atoms with Crippen LogP contribution in [-0.2, 0) is 4.74 Å². The highest BCUT2D eigenvalue weighted by atomic mass is 16.5. The van der Waals surface area contributed by atoms with Gasteiger partial charge in [0.2, 0.25) is 0 Å². The number of morpholine rings is 1. The number of benzene rings is 1. The molecule has 0 aliphatic carbocycles. The van der Waals surface area contributed by atoms with Gasteiger partial charge < -0.3 is 15.2 Å². The Morgan fingerprint density at radius 2 is 1.95 bits per heavy atom. The fraction of sp³-hybridized carbons (Fsp3) is 0.400. The van der Waals surface area contributed by atoms with E-state index in [1.807, 2.05) is 0 Å². The van der Waals surface area contributed by atoms with Crippen molar-refractivity contribution in [2.75, 3.05) is 44.7 Å². The topological polar surface area (TPSA) is 61.8 Å². The molecule has 0 unspecified atom stereocenters. The molecule has 0 bridgehead atoms. The molecule has 0 spiro atoms. The average Bonchev–Trinajstić information content (AvgIpc) is 2.48. The van der Waals surface area contributed by atoms with Crippen LogP contribution in [0.15, 0.2) is 24.3 Å². The molecular weight excluding hydrogens is 256 g/mol. The lowest BCUT2D eigenvalue weighted by Crippen LogP contribution is -2.36. The molecule has 1 aromatic rings. The molecule has 1 saturated heterocycles. The van der Waals surface area contributed by atoms with Crippen molar-refractivity contribution in [3.05, 3.63) is 29.8 Å². The summed E-state index contributed by atoms with van der Waals surface area (Å²) in [5, 5.41) is 11.9. The van der Waals surface area contributed by atoms with E-state index in [9.17, 15) is 4.79 Å². The Balaban J connectivity index is 1.71. The summed E-state index contributed by atoms with van der Waals surface area (Å²) in [5.41, 5.74) is 1.16. The van der Waals surface area contributed by atoms with E-state index in [4.69, 9.17) is 9.84 Å². The van der Waals surface area contributed by atoms with E-state index >= 15 is 0 Å². The SMILES string of the molecule is O=C(O)c1ccc(NCC#CCN2CCOCC2)cc1. The molecule has 2 rings (SSSR count). The van der Waals surface area contributed by atoms with E-state index in [0.29, 0.717) is 6.54 Å². The number of hydrogen-bond donors (Lipinski definition) is 2. The molecule has 1 aromatic carbocycles. The van der Waals surface area contributed by atoms with E-state index in [0.717, 1.165) is 38.5 Å². The fourth-order valence-electron chi connectivity index (χ4n) is 1.87. The quantitative estimate of drug-likeness (QED) is 0.806. The summed E-state index contributed by atoms with van der Waals surface area (Å²) in [7, 11) is 0. The molecular formula is C15H18N2O3. The predicted octanol–water partition coefficient (Wildman–Crippen LogP) is 1.13. The molecule has 0 amide bonds. The van der Waals surface area contributed by atoms with Crippen LogP contribution in [0.3, 0.4) is 0 Å². The van der Waals surface area contributed by atoms with Crippen LogP contribution in [0.2, 0.25) is 0 Å². The van der Waals surface area contributed by atoms with Gasteiger partial charge in [-0.2, -0.15) is 0 Å². The zero-order valence-electron chi connectivity index (χ0n) is 11.3. The first-order valence-corrected chi connectivity index (χ1v) is 6.59. The van der Waals surface area contributed by atoms with E-state index in [1.54, 1.807) is 24.3 Å². The van der Waals surface area contributed by atoms with Gasteiger partial charge in [0, 0.05) is 18.8 Å². The predicted molar refractivity (Wildman–Crippen MR) is 76.9 cm³/mol. The number of nitrogens with zero attached hydrogens (tertiary/aromatic N) is 1. The van der Waals surface area contributed by atoms with E-state index in [2.05, 4.69) is 22.1 Å². The Morgan fingerprint density at radius 1 is 1.25 bits per heavy atom. The number of aromatic carboxylic acids is 1. The Kier molecular flexibility index (Phi) is 5.42. The van der Waals surface area contributed by atoms with Crippen molar-refractivity contribution in [1.82, 2.24) is 4.90 Å². The average molecular weight is 274 g/mol. The Hall–Kier alpha value is -2.03. The highest BCUT2D eigenvalue weighted by molar-refractivity contribution is 5.87. The molecule has 2 N–H and O–H groups in total. The zero-order chi connectivity index (χ0) is 14.2. The molecule has 0 radical (unpaired) electrons. The maximum absolute atomic E-state index is 10.7. The molecule has 20 heavy (non-hydrogen) atoms. The minimum atomic E-state index is -0.915. The smallest absolute Gasteiger partial charge is 0.335 e. The van der Waals surface area contributed by atoms with Crippen LogP contribution < -0.4 is 5.32 Å². The summed E-state index contributed by atoms with van der Waals surface area (Å²) in [4.78, 5) is 13.0. The maximum Gasteiger partial charge on any atom is 0.335 e. The van der Waals surface area contributed by atoms with Crippen LogP contribution in [-0.4, -0.2) is 55.4 Å². The van der Waals surface area contributed by atoms with Crippen molar-refractivity contribution in [3.63, 3.8) is 0 Å². The number of carbonyl (C=O) groups is 1. The van der Waals surface area contributed by atoms with Crippen LogP contribution >= 0.6 is 0 Å². The summed E-state index contributed by atoms with van der Waals surface area (Å²) in [6, 6.07) is 6.64. The lowest BCUT2D eigenvalue weighted by Gasteiger charge is -2.24. The van der Waals surface area contributed by atoms with Gasteiger partial charge >= 0.3 is 5.97 Å². The van der Waals surface area contributed by atoms with E-state index < -0.39 is 5.97 Å². The highest BCUT2D eigenvalue weighted by Crippen LogP contribution is 2.08. The van der Waals surface area contributed by atoms with Gasteiger partial charge in [-0.15, -0.1) is 0 Å². The zero-order valence-corrected chi connectivity index (χ0v) is 11.3. The van der Waals surface area contributed by atoms with Crippen molar-refractivity contribution in [1.29, 1.82) is 0 Å². The van der Waals surface area contributed by atoms with Gasteiger partial charge in [-0.25, -0.2) is 4.79 Å². The van der Waals surface area contributed by atoms with Crippen LogP contribution in [0.25, 0.3) is 0 Å². The number of ether oxygens (including phenoxy) is 1. The molecule has 1 aliphatic rings. The molecule has 0 aromatic heterocycles. The number of hydrogen-bond acceptors (Lipinski definition) is 4. The van der Waals surface area contributed by atoms with Crippen molar-refractivity contribution < 1.29 is 14.6 Å². The lowest BCUT2D eigenvalue weighted by atomic mass is 10.2. The normalized spacial score (nSPS) is 15.2. The molecule has 5 heteroatoms. The number of anilines is 1. The summed E-state index contributed by atoms with van der Waals surface area (Å²) in [6.07, 6.45) is 0. The minimum absolute atomic E-state index is 0.286. The lowest BCUT2D eigenvalue weighted by molar-refractivity contribution is 0.0443. The minimum Gasteiger partial charge on any atom is -0.478 e. The van der Waals surface area contributed by atoms with Gasteiger partial charge in [-0.3, -0.25) is 4.90 Å². The van der Waals surface area contributed by atoms with Crippen LogP contribution in [0.1, 0.15) is 10.4 Å². The monoisotopic (exact) mass is 274 g/mol. The molecule has 1 heterocycles. The third kappa shape index (κ3) is 4.57. The van der Waals surface area contributed by atoms with Crippen LogP contribution in [0, 0.1) is 11.8 Å². The maximum atomic E-state index is 10.7. The number of carboxylic acids is 1. The molecule has 0 saturated carbocycles. The van der Waals surface area contributed by atoms with Crippen LogP contribution in [0.5, 0.6) is 0 Å². The standard InChI is InChI=1S/C15H18N2O3/c18-15(19)13-3-5-14(6-4-13)16-7-1-2-8-17-9-11-20-12-10-17/h3-6,16H,7-12H2,(H,18,19). The van der Waals surface area contributed by atoms with Gasteiger partial charge in [-0.1, -0.05) is 11.8 Å². The first-order chi connectivity index (χ1) is 9.75. The largest absolute Gasteiger partial charge is 0.478 e. The molecule has 1 aliphatic heterocycles. The van der Waals surface area contributed by atoms with E-state index in [-0.39, 0.29) is 5.56 Å². The van der Waals surface area contributed by atoms with Gasteiger partial charge in [0.25, 0.3) is 0 Å².